The minimum atomic E-state index is -0.520. The van der Waals surface area contributed by atoms with E-state index in [0.29, 0.717) is 30.0 Å². The Morgan fingerprint density at radius 3 is 2.67 bits per heavy atom. The largest absolute Gasteiger partial charge is 0.357 e. The molecular formula is C20H25NO3. The molecule has 1 saturated heterocycles. The maximum Gasteiger partial charge on any atom is 0.284 e. The van der Waals surface area contributed by atoms with Crippen molar-refractivity contribution in [3.63, 3.8) is 0 Å². The highest BCUT2D eigenvalue weighted by Crippen LogP contribution is 2.71. The molecule has 4 saturated carbocycles. The third-order valence-corrected chi connectivity index (χ3v) is 8.83. The lowest BCUT2D eigenvalue weighted by molar-refractivity contribution is -0.140. The lowest BCUT2D eigenvalue weighted by atomic mass is 9.44. The van der Waals surface area contributed by atoms with Crippen LogP contribution in [0.15, 0.2) is 0 Å². The summed E-state index contributed by atoms with van der Waals surface area (Å²) in [6, 6.07) is -0.520. The van der Waals surface area contributed by atoms with Crippen LogP contribution in [0.1, 0.15) is 58.8 Å². The van der Waals surface area contributed by atoms with E-state index in [2.05, 4.69) is 18.7 Å². The van der Waals surface area contributed by atoms with Crippen LogP contribution in [-0.4, -0.2) is 29.3 Å². The van der Waals surface area contributed by atoms with Crippen LogP contribution in [0.25, 0.3) is 4.85 Å². The molecule has 5 fully saturated rings. The third kappa shape index (κ3) is 1.46. The maximum atomic E-state index is 12.5. The van der Waals surface area contributed by atoms with E-state index in [4.69, 9.17) is 11.3 Å². The Bertz CT molecular complexity index is 695. The molecule has 0 bridgehead atoms. The molecule has 0 amide bonds. The number of hydrogen-bond donors (Lipinski definition) is 0. The van der Waals surface area contributed by atoms with Gasteiger partial charge in [0, 0.05) is 23.7 Å². The minimum absolute atomic E-state index is 0.0256. The Labute approximate surface area is 143 Å². The van der Waals surface area contributed by atoms with Gasteiger partial charge in [0.25, 0.3) is 6.04 Å². The van der Waals surface area contributed by atoms with E-state index in [1.54, 1.807) is 0 Å². The summed E-state index contributed by atoms with van der Waals surface area (Å²) >= 11 is 0. The van der Waals surface area contributed by atoms with Gasteiger partial charge >= 0.3 is 0 Å². The van der Waals surface area contributed by atoms with Gasteiger partial charge < -0.3 is 9.58 Å². The van der Waals surface area contributed by atoms with E-state index in [1.807, 2.05) is 0 Å². The zero-order chi connectivity index (χ0) is 16.9. The average molecular weight is 327 g/mol. The number of ketones is 2. The van der Waals surface area contributed by atoms with Gasteiger partial charge in [-0.3, -0.25) is 9.59 Å². The molecular weight excluding hydrogens is 302 g/mol. The summed E-state index contributed by atoms with van der Waals surface area (Å²) < 4.78 is 6.06. The number of epoxide rings is 1. The summed E-state index contributed by atoms with van der Waals surface area (Å²) in [4.78, 5) is 28.5. The summed E-state index contributed by atoms with van der Waals surface area (Å²) in [5.41, 5.74) is -0.477. The van der Waals surface area contributed by atoms with Gasteiger partial charge in [0.2, 0.25) is 5.78 Å². The van der Waals surface area contributed by atoms with Crippen LogP contribution < -0.4 is 0 Å². The van der Waals surface area contributed by atoms with Crippen molar-refractivity contribution in [1.29, 1.82) is 0 Å². The first-order chi connectivity index (χ1) is 11.4. The minimum Gasteiger partial charge on any atom is -0.357 e. The fourth-order valence-electron chi connectivity index (χ4n) is 7.43. The summed E-state index contributed by atoms with van der Waals surface area (Å²) in [5.74, 6) is 2.05. The molecule has 24 heavy (non-hydrogen) atoms. The number of ether oxygens (including phenoxy) is 1. The first-order valence-corrected chi connectivity index (χ1v) is 9.49. The van der Waals surface area contributed by atoms with Gasteiger partial charge in [-0.05, 0) is 49.9 Å². The van der Waals surface area contributed by atoms with Crippen molar-refractivity contribution in [2.75, 3.05) is 0 Å². The van der Waals surface area contributed by atoms with Crippen molar-refractivity contribution in [2.24, 2.45) is 28.6 Å². The number of rotatable bonds is 0. The summed E-state index contributed by atoms with van der Waals surface area (Å²) in [6.45, 7) is 11.9. The molecule has 1 spiro atoms. The summed E-state index contributed by atoms with van der Waals surface area (Å²) in [7, 11) is 0. The molecule has 0 aromatic heterocycles. The van der Waals surface area contributed by atoms with Crippen LogP contribution in [0.2, 0.25) is 0 Å². The molecule has 1 aliphatic heterocycles. The van der Waals surface area contributed by atoms with Gasteiger partial charge in [-0.1, -0.05) is 13.8 Å². The number of carbonyl (C=O) groups excluding carboxylic acids is 2. The normalized spacial score (nSPS) is 58.1. The molecule has 3 unspecified atom stereocenters. The van der Waals surface area contributed by atoms with Crippen molar-refractivity contribution in [2.45, 2.75) is 76.5 Å². The molecule has 0 radical (unpaired) electrons. The van der Waals surface area contributed by atoms with Crippen LogP contribution in [0, 0.1) is 35.2 Å². The fourth-order valence-corrected chi connectivity index (χ4v) is 7.43. The Balaban J connectivity index is 1.54. The zero-order valence-electron chi connectivity index (χ0n) is 14.5. The maximum absolute atomic E-state index is 12.5. The monoisotopic (exact) mass is 327 g/mol. The molecule has 5 rings (SSSR count). The quantitative estimate of drug-likeness (QED) is 0.507. The lowest BCUT2D eigenvalue weighted by Crippen LogP contribution is -2.60. The van der Waals surface area contributed by atoms with Crippen molar-refractivity contribution in [3.8, 4) is 0 Å². The highest BCUT2D eigenvalue weighted by atomic mass is 16.6. The third-order valence-electron chi connectivity index (χ3n) is 8.83. The Morgan fingerprint density at radius 2 is 1.92 bits per heavy atom. The van der Waals surface area contributed by atoms with Crippen LogP contribution >= 0.6 is 0 Å². The van der Waals surface area contributed by atoms with Crippen LogP contribution in [0.4, 0.5) is 0 Å². The Morgan fingerprint density at radius 1 is 1.12 bits per heavy atom. The average Bonchev–Trinajstić information content (AvgIpc) is 3.23. The Kier molecular flexibility index (Phi) is 2.70. The summed E-state index contributed by atoms with van der Waals surface area (Å²) in [6.07, 6.45) is 6.16. The molecule has 128 valence electrons. The van der Waals surface area contributed by atoms with Gasteiger partial charge in [-0.2, -0.15) is 0 Å². The van der Waals surface area contributed by atoms with Crippen molar-refractivity contribution in [3.05, 3.63) is 11.4 Å². The van der Waals surface area contributed by atoms with E-state index in [9.17, 15) is 9.59 Å². The number of nitrogens with zero attached hydrogens (tertiary/aromatic N) is 1. The Hall–Kier alpha value is -1.21. The number of Topliss-reactive ketones (excluding diaryl/α,β-unsaturated/α-hetero) is 2. The second-order valence-corrected chi connectivity index (χ2v) is 9.39. The first kappa shape index (κ1) is 15.1. The molecule has 1 heterocycles. The van der Waals surface area contributed by atoms with Gasteiger partial charge in [0.1, 0.15) is 11.4 Å². The van der Waals surface area contributed by atoms with Crippen molar-refractivity contribution < 1.29 is 14.3 Å². The van der Waals surface area contributed by atoms with Gasteiger partial charge in [0.05, 0.1) is 0 Å². The van der Waals surface area contributed by atoms with Gasteiger partial charge in [-0.25, -0.2) is 6.57 Å². The van der Waals surface area contributed by atoms with E-state index < -0.39 is 6.04 Å². The SMILES string of the molecule is [C-]#[N+][C@@H]1C[C@]2(C)C3CC[C@]4(C)C(=O)CCC4C3CC[C@]23O[C@@H]3C1=O. The fraction of sp³-hybridized carbons (Fsp3) is 0.850. The van der Waals surface area contributed by atoms with Gasteiger partial charge in [-0.15, -0.1) is 0 Å². The second-order valence-electron chi connectivity index (χ2n) is 9.39. The standard InChI is InChI=1S/C20H25NO3/c1-18-8-7-13-11(12(18)4-5-15(18)22)6-9-20-17(24-20)16(23)14(21-3)10-19(13,20)2/h11-14,17H,4-10H2,1-2H3/t11?,12?,13?,14-,17-,18+,19-,20-/m1/s1. The second kappa shape index (κ2) is 4.30. The molecule has 4 aliphatic carbocycles. The number of fused-ring (bicyclic) bond motifs is 4. The van der Waals surface area contributed by atoms with Crippen molar-refractivity contribution in [1.82, 2.24) is 0 Å². The molecule has 4 heteroatoms. The zero-order valence-corrected chi connectivity index (χ0v) is 14.5. The molecule has 8 atom stereocenters. The van der Waals surface area contributed by atoms with Crippen molar-refractivity contribution >= 4 is 11.6 Å². The molecule has 0 aromatic rings. The molecule has 0 N–H and O–H groups in total. The predicted molar refractivity (Wildman–Crippen MR) is 87.0 cm³/mol. The van der Waals surface area contributed by atoms with Gasteiger partial charge in [0.15, 0.2) is 6.10 Å². The van der Waals surface area contributed by atoms with E-state index in [1.165, 1.54) is 0 Å². The number of carbonyl (C=O) groups is 2. The van der Waals surface area contributed by atoms with Crippen LogP contribution in [-0.2, 0) is 14.3 Å². The lowest BCUT2D eigenvalue weighted by Gasteiger charge is -2.58. The number of hydrogen-bond acceptors (Lipinski definition) is 3. The topological polar surface area (TPSA) is 51.0 Å². The predicted octanol–water partition coefficient (Wildman–Crippen LogP) is 3.20. The molecule has 4 nitrogen and oxygen atoms in total. The highest BCUT2D eigenvalue weighted by Gasteiger charge is 2.79. The van der Waals surface area contributed by atoms with E-state index >= 15 is 0 Å². The van der Waals surface area contributed by atoms with Crippen LogP contribution in [0.5, 0.6) is 0 Å². The summed E-state index contributed by atoms with van der Waals surface area (Å²) in [5, 5.41) is 0. The van der Waals surface area contributed by atoms with E-state index in [-0.39, 0.29) is 28.3 Å². The van der Waals surface area contributed by atoms with E-state index in [0.717, 1.165) is 38.5 Å². The first-order valence-electron chi connectivity index (χ1n) is 9.49. The highest BCUT2D eigenvalue weighted by molar-refractivity contribution is 5.94. The van der Waals surface area contributed by atoms with Crippen LogP contribution in [0.3, 0.4) is 0 Å². The molecule has 5 aliphatic rings. The molecule has 0 aromatic carbocycles. The smallest absolute Gasteiger partial charge is 0.284 e.